The highest BCUT2D eigenvalue weighted by atomic mass is 32.2. The van der Waals surface area contributed by atoms with E-state index in [-0.39, 0.29) is 41.8 Å². The summed E-state index contributed by atoms with van der Waals surface area (Å²) in [6.07, 6.45) is 0. The number of nitrogens with two attached hydrogens (primary N) is 1. The van der Waals surface area contributed by atoms with E-state index in [4.69, 9.17) is 10.8 Å². The number of rotatable bonds is 2. The zero-order valence-electron chi connectivity index (χ0n) is 7.39. The molecular formula is C8H15NO3S. The quantitative estimate of drug-likeness (QED) is 0.596. The minimum Gasteiger partial charge on any atom is -0.396 e. The molecule has 0 spiro atoms. The lowest BCUT2D eigenvalue weighted by molar-refractivity contribution is -0.0169. The highest BCUT2D eigenvalue weighted by molar-refractivity contribution is 7.91. The summed E-state index contributed by atoms with van der Waals surface area (Å²) in [5.41, 5.74) is 5.54. The second-order valence-electron chi connectivity index (χ2n) is 4.15. The molecule has 1 aliphatic carbocycles. The highest BCUT2D eigenvalue weighted by Crippen LogP contribution is 2.50. The fourth-order valence-electron chi connectivity index (χ4n) is 2.89. The van der Waals surface area contributed by atoms with Gasteiger partial charge in [-0.25, -0.2) is 8.42 Å². The molecule has 0 radical (unpaired) electrons. The van der Waals surface area contributed by atoms with Crippen LogP contribution in [0.1, 0.15) is 0 Å². The minimum absolute atomic E-state index is 0.0819. The molecule has 0 unspecified atom stereocenters. The molecule has 4 atom stereocenters. The molecule has 2 rings (SSSR count). The molecule has 0 aromatic rings. The van der Waals surface area contributed by atoms with Crippen LogP contribution in [0, 0.1) is 23.7 Å². The van der Waals surface area contributed by atoms with Gasteiger partial charge in [-0.05, 0) is 30.2 Å². The molecule has 4 nitrogen and oxygen atoms in total. The van der Waals surface area contributed by atoms with Crippen LogP contribution in [0.5, 0.6) is 0 Å². The van der Waals surface area contributed by atoms with Crippen LogP contribution in [-0.4, -0.2) is 38.2 Å². The topological polar surface area (TPSA) is 80.4 Å². The Morgan fingerprint density at radius 2 is 1.77 bits per heavy atom. The highest BCUT2D eigenvalue weighted by Gasteiger charge is 2.55. The molecule has 0 bridgehead atoms. The van der Waals surface area contributed by atoms with Gasteiger partial charge in [0.1, 0.15) is 0 Å². The van der Waals surface area contributed by atoms with Crippen molar-refractivity contribution in [3.8, 4) is 0 Å². The molecule has 13 heavy (non-hydrogen) atoms. The van der Waals surface area contributed by atoms with Gasteiger partial charge in [-0.2, -0.15) is 0 Å². The van der Waals surface area contributed by atoms with E-state index in [1.807, 2.05) is 0 Å². The van der Waals surface area contributed by atoms with Crippen molar-refractivity contribution in [1.29, 1.82) is 0 Å². The van der Waals surface area contributed by atoms with Gasteiger partial charge in [0.25, 0.3) is 0 Å². The van der Waals surface area contributed by atoms with Gasteiger partial charge >= 0.3 is 0 Å². The zero-order valence-corrected chi connectivity index (χ0v) is 8.20. The summed E-state index contributed by atoms with van der Waals surface area (Å²) in [6, 6.07) is 0. The first-order valence-electron chi connectivity index (χ1n) is 4.60. The van der Waals surface area contributed by atoms with E-state index in [2.05, 4.69) is 0 Å². The van der Waals surface area contributed by atoms with E-state index in [9.17, 15) is 8.42 Å². The number of hydrogen-bond acceptors (Lipinski definition) is 4. The molecular weight excluding hydrogens is 190 g/mol. The maximum Gasteiger partial charge on any atom is 0.150 e. The van der Waals surface area contributed by atoms with Crippen LogP contribution in [0.15, 0.2) is 0 Å². The van der Waals surface area contributed by atoms with E-state index < -0.39 is 9.84 Å². The first-order chi connectivity index (χ1) is 6.09. The largest absolute Gasteiger partial charge is 0.396 e. The van der Waals surface area contributed by atoms with E-state index in [1.54, 1.807) is 0 Å². The van der Waals surface area contributed by atoms with Crippen molar-refractivity contribution < 1.29 is 13.5 Å². The molecule has 2 fully saturated rings. The Bertz CT molecular complexity index is 277. The van der Waals surface area contributed by atoms with Crippen LogP contribution in [-0.2, 0) is 9.84 Å². The SMILES string of the molecule is NC[C@H]1[C@@H](CO)[C@@H]2CS(=O)(=O)C[C@@H]12. The van der Waals surface area contributed by atoms with Crippen LogP contribution in [0.4, 0.5) is 0 Å². The van der Waals surface area contributed by atoms with Crippen molar-refractivity contribution in [3.63, 3.8) is 0 Å². The number of aliphatic hydroxyl groups excluding tert-OH is 1. The predicted molar refractivity (Wildman–Crippen MR) is 48.8 cm³/mol. The lowest BCUT2D eigenvalue weighted by Crippen LogP contribution is -2.51. The van der Waals surface area contributed by atoms with Crippen LogP contribution in [0.3, 0.4) is 0 Å². The molecule has 3 N–H and O–H groups in total. The van der Waals surface area contributed by atoms with Crippen LogP contribution >= 0.6 is 0 Å². The zero-order chi connectivity index (χ0) is 9.64. The third-order valence-corrected chi connectivity index (χ3v) is 5.36. The second kappa shape index (κ2) is 2.93. The summed E-state index contributed by atoms with van der Waals surface area (Å²) in [6.45, 7) is 0.584. The van der Waals surface area contributed by atoms with Gasteiger partial charge in [0.2, 0.25) is 0 Å². The first kappa shape index (κ1) is 9.43. The number of sulfone groups is 1. The van der Waals surface area contributed by atoms with Gasteiger partial charge in [0, 0.05) is 6.61 Å². The average Bonchev–Trinajstić information content (AvgIpc) is 2.30. The molecule has 0 amide bonds. The van der Waals surface area contributed by atoms with Gasteiger partial charge in [-0.1, -0.05) is 0 Å². The maximum absolute atomic E-state index is 11.3. The molecule has 1 saturated heterocycles. The standard InChI is InChI=1S/C8H15NO3S/c9-1-5-6(2-10)8-4-13(11,12)3-7(5)8/h5-8,10H,1-4,9H2/t5-,6+,7-,8-/m0/s1. The smallest absolute Gasteiger partial charge is 0.150 e. The van der Waals surface area contributed by atoms with E-state index >= 15 is 0 Å². The molecule has 0 aromatic carbocycles. The molecule has 5 heteroatoms. The monoisotopic (exact) mass is 205 g/mol. The Labute approximate surface area is 78.0 Å². The third kappa shape index (κ3) is 1.30. The maximum atomic E-state index is 11.3. The van der Waals surface area contributed by atoms with E-state index in [0.717, 1.165) is 0 Å². The fourth-order valence-corrected chi connectivity index (χ4v) is 5.19. The van der Waals surface area contributed by atoms with Gasteiger partial charge in [0.15, 0.2) is 9.84 Å². The molecule has 1 saturated carbocycles. The summed E-state index contributed by atoms with van der Waals surface area (Å²) < 4.78 is 22.6. The number of fused-ring (bicyclic) bond motifs is 1. The lowest BCUT2D eigenvalue weighted by Gasteiger charge is -2.46. The van der Waals surface area contributed by atoms with Gasteiger partial charge < -0.3 is 10.8 Å². The Morgan fingerprint density at radius 3 is 2.23 bits per heavy atom. The molecule has 1 heterocycles. The fraction of sp³-hybridized carbons (Fsp3) is 1.00. The van der Waals surface area contributed by atoms with Crippen molar-refractivity contribution in [3.05, 3.63) is 0 Å². The lowest BCUT2D eigenvalue weighted by atomic mass is 9.58. The number of aliphatic hydroxyl groups is 1. The van der Waals surface area contributed by atoms with Crippen molar-refractivity contribution >= 4 is 9.84 Å². The van der Waals surface area contributed by atoms with E-state index in [1.165, 1.54) is 0 Å². The van der Waals surface area contributed by atoms with Crippen molar-refractivity contribution in [2.45, 2.75) is 0 Å². The summed E-state index contributed by atoms with van der Waals surface area (Å²) in [5, 5.41) is 9.05. The van der Waals surface area contributed by atoms with Crippen molar-refractivity contribution in [2.24, 2.45) is 29.4 Å². The molecule has 0 aromatic heterocycles. The average molecular weight is 205 g/mol. The predicted octanol–water partition coefficient (Wildman–Crippen LogP) is -1.16. The van der Waals surface area contributed by atoms with Crippen molar-refractivity contribution in [2.75, 3.05) is 24.7 Å². The Balaban J connectivity index is 2.15. The van der Waals surface area contributed by atoms with Crippen molar-refractivity contribution in [1.82, 2.24) is 0 Å². The van der Waals surface area contributed by atoms with Gasteiger partial charge in [0.05, 0.1) is 11.5 Å². The minimum atomic E-state index is -2.83. The normalized spacial score (nSPS) is 46.9. The Hall–Kier alpha value is -0.130. The first-order valence-corrected chi connectivity index (χ1v) is 6.42. The van der Waals surface area contributed by atoms with Gasteiger partial charge in [-0.15, -0.1) is 0 Å². The van der Waals surface area contributed by atoms with Crippen LogP contribution in [0.25, 0.3) is 0 Å². The number of hydrogen-bond donors (Lipinski definition) is 2. The Kier molecular flexibility index (Phi) is 2.13. The van der Waals surface area contributed by atoms with Crippen LogP contribution < -0.4 is 5.73 Å². The van der Waals surface area contributed by atoms with E-state index in [0.29, 0.717) is 6.54 Å². The second-order valence-corrected chi connectivity index (χ2v) is 6.30. The van der Waals surface area contributed by atoms with Gasteiger partial charge in [-0.3, -0.25) is 0 Å². The molecule has 1 aliphatic heterocycles. The third-order valence-electron chi connectivity index (χ3n) is 3.58. The molecule has 76 valence electrons. The van der Waals surface area contributed by atoms with Crippen LogP contribution in [0.2, 0.25) is 0 Å². The summed E-state index contributed by atoms with van der Waals surface area (Å²) in [4.78, 5) is 0. The Morgan fingerprint density at radius 1 is 1.23 bits per heavy atom. The summed E-state index contributed by atoms with van der Waals surface area (Å²) in [7, 11) is -2.83. The summed E-state index contributed by atoms with van der Waals surface area (Å²) in [5.74, 6) is 1.32. The summed E-state index contributed by atoms with van der Waals surface area (Å²) >= 11 is 0. The molecule has 2 aliphatic rings.